The highest BCUT2D eigenvalue weighted by atomic mass is 16.5. The van der Waals surface area contributed by atoms with Crippen LogP contribution < -0.4 is 14.4 Å². The minimum Gasteiger partial charge on any atom is -0.457 e. The van der Waals surface area contributed by atoms with E-state index in [1.807, 2.05) is 97.3 Å². The molecule has 5 heteroatoms. The average Bonchev–Trinajstić information content (AvgIpc) is 3.21. The number of hydrogen-bond acceptors (Lipinski definition) is 5. The summed E-state index contributed by atoms with van der Waals surface area (Å²) in [4.78, 5) is 12.0. The van der Waals surface area contributed by atoms with Crippen LogP contribution in [0.15, 0.2) is 200 Å². The molecule has 0 amide bonds. The Morgan fingerprint density at radius 2 is 1.08 bits per heavy atom. The van der Waals surface area contributed by atoms with E-state index in [-0.39, 0.29) is 0 Å². The van der Waals surface area contributed by atoms with Crippen LogP contribution in [0.25, 0.3) is 11.3 Å². The Morgan fingerprint density at radius 1 is 0.462 bits per heavy atom. The molecule has 0 saturated carbocycles. The van der Waals surface area contributed by atoms with Gasteiger partial charge in [0, 0.05) is 46.1 Å². The van der Waals surface area contributed by atoms with Gasteiger partial charge in [-0.15, -0.1) is 0 Å². The average molecular weight is 672 g/mol. The lowest BCUT2D eigenvalue weighted by Crippen LogP contribution is -2.35. The number of rotatable bonds is 8. The maximum atomic E-state index is 6.66. The molecule has 0 saturated heterocycles. The van der Waals surface area contributed by atoms with Gasteiger partial charge >= 0.3 is 0 Å². The van der Waals surface area contributed by atoms with Crippen LogP contribution in [-0.4, -0.2) is 9.97 Å². The molecule has 2 aromatic heterocycles. The van der Waals surface area contributed by atoms with Crippen LogP contribution in [0, 0.1) is 0 Å². The van der Waals surface area contributed by atoms with Crippen molar-refractivity contribution in [2.75, 3.05) is 4.90 Å². The van der Waals surface area contributed by atoms with E-state index < -0.39 is 5.41 Å². The molecule has 8 aromatic rings. The first-order chi connectivity index (χ1) is 25.8. The molecule has 0 bridgehead atoms. The highest BCUT2D eigenvalue weighted by Gasteiger charge is 2.46. The van der Waals surface area contributed by atoms with Crippen molar-refractivity contribution < 1.29 is 9.47 Å². The largest absolute Gasteiger partial charge is 0.457 e. The van der Waals surface area contributed by atoms with Crippen molar-refractivity contribution in [1.29, 1.82) is 0 Å². The summed E-state index contributed by atoms with van der Waals surface area (Å²) in [5, 5.41) is 0. The fraction of sp³-hybridized carbons (Fsp3) is 0.0213. The molecule has 6 aromatic carbocycles. The minimum atomic E-state index is -0.734. The number of ether oxygens (including phenoxy) is 2. The van der Waals surface area contributed by atoms with Crippen LogP contribution in [0.1, 0.15) is 22.4 Å². The summed E-state index contributed by atoms with van der Waals surface area (Å²) in [6, 6.07) is 63.9. The first-order valence-corrected chi connectivity index (χ1v) is 17.3. The predicted molar refractivity (Wildman–Crippen MR) is 207 cm³/mol. The minimum absolute atomic E-state index is 0.712. The van der Waals surface area contributed by atoms with Gasteiger partial charge in [0.05, 0.1) is 16.8 Å². The van der Waals surface area contributed by atoms with Crippen LogP contribution >= 0.6 is 0 Å². The number of fused-ring (bicyclic) bond motifs is 2. The maximum Gasteiger partial charge on any atom is 0.132 e. The van der Waals surface area contributed by atoms with Crippen LogP contribution in [-0.2, 0) is 5.41 Å². The SMILES string of the molecule is c1ccc(N(c2ccccc2)c2ccnc(-c3cccc(Oc4cccc(C5(c6ccccn6)c6ccccc6Oc6ccccc65)c4)c3)c2)cc1. The molecule has 1 aliphatic heterocycles. The van der Waals surface area contributed by atoms with E-state index in [4.69, 9.17) is 19.4 Å². The van der Waals surface area contributed by atoms with Crippen molar-refractivity contribution in [3.8, 4) is 34.3 Å². The Kier molecular flexibility index (Phi) is 7.99. The monoisotopic (exact) mass is 671 g/mol. The molecule has 0 spiro atoms. The fourth-order valence-corrected chi connectivity index (χ4v) is 7.28. The number of nitrogens with zero attached hydrogens (tertiary/aromatic N) is 3. The lowest BCUT2D eigenvalue weighted by Gasteiger charge is -2.40. The van der Waals surface area contributed by atoms with Gasteiger partial charge in [-0.25, -0.2) is 0 Å². The molecule has 5 nitrogen and oxygen atoms in total. The predicted octanol–water partition coefficient (Wildman–Crippen LogP) is 11.9. The van der Waals surface area contributed by atoms with Crippen molar-refractivity contribution in [1.82, 2.24) is 9.97 Å². The zero-order chi connectivity index (χ0) is 34.7. The molecule has 1 aliphatic rings. The number of benzene rings is 6. The zero-order valence-electron chi connectivity index (χ0n) is 28.2. The van der Waals surface area contributed by atoms with E-state index >= 15 is 0 Å². The van der Waals surface area contributed by atoms with Gasteiger partial charge in [0.1, 0.15) is 23.0 Å². The first-order valence-electron chi connectivity index (χ1n) is 17.3. The lowest BCUT2D eigenvalue weighted by atomic mass is 9.65. The van der Waals surface area contributed by atoms with E-state index in [2.05, 4.69) is 108 Å². The van der Waals surface area contributed by atoms with Gasteiger partial charge < -0.3 is 14.4 Å². The van der Waals surface area contributed by atoms with Crippen LogP contribution in [0.3, 0.4) is 0 Å². The molecule has 0 atom stereocenters. The summed E-state index contributed by atoms with van der Waals surface area (Å²) in [5.74, 6) is 3.04. The molecule has 0 fully saturated rings. The fourth-order valence-electron chi connectivity index (χ4n) is 7.28. The van der Waals surface area contributed by atoms with Gasteiger partial charge in [0.15, 0.2) is 0 Å². The zero-order valence-corrected chi connectivity index (χ0v) is 28.2. The van der Waals surface area contributed by atoms with Gasteiger partial charge in [0.25, 0.3) is 0 Å². The second-order valence-corrected chi connectivity index (χ2v) is 12.6. The summed E-state index contributed by atoms with van der Waals surface area (Å²) in [6.45, 7) is 0. The molecular formula is C47H33N3O2. The van der Waals surface area contributed by atoms with E-state index in [1.54, 1.807) is 0 Å². The summed E-state index contributed by atoms with van der Waals surface area (Å²) in [7, 11) is 0. The van der Waals surface area contributed by atoms with Crippen molar-refractivity contribution in [2.24, 2.45) is 0 Å². The van der Waals surface area contributed by atoms with Gasteiger partial charge in [-0.3, -0.25) is 9.97 Å². The Labute approximate surface area is 303 Å². The van der Waals surface area contributed by atoms with Gasteiger partial charge in [-0.2, -0.15) is 0 Å². The Morgan fingerprint density at radius 3 is 1.75 bits per heavy atom. The normalized spacial score (nSPS) is 12.5. The van der Waals surface area contributed by atoms with Gasteiger partial charge in [0.2, 0.25) is 0 Å². The number of aromatic nitrogens is 2. The summed E-state index contributed by atoms with van der Waals surface area (Å²) < 4.78 is 13.1. The molecule has 0 radical (unpaired) electrons. The van der Waals surface area contributed by atoms with E-state index in [9.17, 15) is 0 Å². The summed E-state index contributed by atoms with van der Waals surface area (Å²) in [5.41, 5.74) is 8.20. The molecule has 248 valence electrons. The van der Waals surface area contributed by atoms with Crippen molar-refractivity contribution in [3.63, 3.8) is 0 Å². The van der Waals surface area contributed by atoms with Crippen molar-refractivity contribution >= 4 is 17.1 Å². The number of para-hydroxylation sites is 4. The van der Waals surface area contributed by atoms with Gasteiger partial charge in [-0.05, 0) is 90.5 Å². The first kappa shape index (κ1) is 31.0. The van der Waals surface area contributed by atoms with Crippen molar-refractivity contribution in [3.05, 3.63) is 223 Å². The van der Waals surface area contributed by atoms with Crippen LogP contribution in [0.5, 0.6) is 23.0 Å². The Hall–Kier alpha value is -6.98. The smallest absolute Gasteiger partial charge is 0.132 e. The number of pyridine rings is 2. The molecule has 0 N–H and O–H groups in total. The van der Waals surface area contributed by atoms with Crippen LogP contribution in [0.2, 0.25) is 0 Å². The van der Waals surface area contributed by atoms with E-state index in [0.717, 1.165) is 62.2 Å². The van der Waals surface area contributed by atoms with Crippen molar-refractivity contribution in [2.45, 2.75) is 5.41 Å². The molecule has 0 unspecified atom stereocenters. The maximum absolute atomic E-state index is 6.66. The molecule has 9 rings (SSSR count). The molecule has 0 aliphatic carbocycles. The lowest BCUT2D eigenvalue weighted by molar-refractivity contribution is 0.431. The van der Waals surface area contributed by atoms with Gasteiger partial charge in [-0.1, -0.05) is 103 Å². The molecular weight excluding hydrogens is 639 g/mol. The second kappa shape index (κ2) is 13.4. The standard InChI is InChI=1S/C47H33N3O2/c1-3-17-36(18-4-1)50(37-19-5-2-6-20-37)38-28-30-48-43(33-38)34-15-13-21-39(31-34)51-40-22-14-16-35(32-40)47(46-27-11-12-29-49-46)41-23-7-9-25-44(41)52-45-26-10-8-24-42(45)47/h1-33H. The second-order valence-electron chi connectivity index (χ2n) is 12.6. The highest BCUT2D eigenvalue weighted by molar-refractivity contribution is 5.79. The highest BCUT2D eigenvalue weighted by Crippen LogP contribution is 2.55. The topological polar surface area (TPSA) is 47.5 Å². The summed E-state index contributed by atoms with van der Waals surface area (Å²) >= 11 is 0. The summed E-state index contributed by atoms with van der Waals surface area (Å²) in [6.07, 6.45) is 3.72. The number of hydrogen-bond donors (Lipinski definition) is 0. The van der Waals surface area contributed by atoms with E-state index in [1.165, 1.54) is 0 Å². The molecule has 3 heterocycles. The third-order valence-corrected chi connectivity index (χ3v) is 9.51. The Balaban J connectivity index is 1.10. The number of anilines is 3. The third kappa shape index (κ3) is 5.55. The van der Waals surface area contributed by atoms with Crippen LogP contribution in [0.4, 0.5) is 17.1 Å². The molecule has 52 heavy (non-hydrogen) atoms. The quantitative estimate of drug-likeness (QED) is 0.161. The Bertz CT molecular complexity index is 2400. The van der Waals surface area contributed by atoms with E-state index in [0.29, 0.717) is 11.5 Å². The third-order valence-electron chi connectivity index (χ3n) is 9.51.